The van der Waals surface area contributed by atoms with Crippen molar-refractivity contribution in [3.05, 3.63) is 59.7 Å². The number of hydrogen-bond acceptors (Lipinski definition) is 6. The molecule has 4 rings (SSSR count). The largest absolute Gasteiger partial charge is 0.416 e. The second-order valence-electron chi connectivity index (χ2n) is 6.64. The van der Waals surface area contributed by atoms with Crippen molar-refractivity contribution in [2.45, 2.75) is 13.1 Å². The number of quaternary nitrogens is 1. The maximum Gasteiger partial charge on any atom is 0.416 e. The summed E-state index contributed by atoms with van der Waals surface area (Å²) in [6.07, 6.45) is -4.48. The first-order valence-corrected chi connectivity index (χ1v) is 8.91. The monoisotopic (exact) mass is 434 g/mol. The Morgan fingerprint density at radius 3 is 2.42 bits per heavy atom. The Hall–Kier alpha value is -3.77. The number of halogens is 4. The van der Waals surface area contributed by atoms with E-state index in [0.717, 1.165) is 29.7 Å². The van der Waals surface area contributed by atoms with Crippen LogP contribution in [0.1, 0.15) is 11.4 Å². The maximum atomic E-state index is 14.6. The van der Waals surface area contributed by atoms with Crippen LogP contribution in [-0.4, -0.2) is 24.7 Å². The molecule has 0 bridgehead atoms. The van der Waals surface area contributed by atoms with Crippen molar-refractivity contribution in [2.75, 3.05) is 11.1 Å². The van der Waals surface area contributed by atoms with Crippen molar-refractivity contribution >= 4 is 34.0 Å². The van der Waals surface area contributed by atoms with Crippen LogP contribution in [0, 0.1) is 12.7 Å². The van der Waals surface area contributed by atoms with Gasteiger partial charge in [-0.3, -0.25) is 4.57 Å². The summed E-state index contributed by atoms with van der Waals surface area (Å²) in [5, 5.41) is 11.9. The third-order valence-electron chi connectivity index (χ3n) is 4.54. The van der Waals surface area contributed by atoms with E-state index in [1.54, 1.807) is 25.1 Å². The number of imidazole rings is 1. The van der Waals surface area contributed by atoms with Gasteiger partial charge in [0.25, 0.3) is 0 Å². The molecule has 8 nitrogen and oxygen atoms in total. The van der Waals surface area contributed by atoms with Crippen molar-refractivity contribution in [2.24, 2.45) is 0 Å². The topological polar surface area (TPSA) is 118 Å². The second-order valence-corrected chi connectivity index (χ2v) is 6.64. The van der Waals surface area contributed by atoms with E-state index < -0.39 is 23.4 Å². The minimum absolute atomic E-state index is 0.00315. The first-order valence-electron chi connectivity index (χ1n) is 8.91. The average molecular weight is 434 g/mol. The van der Waals surface area contributed by atoms with Crippen LogP contribution in [0.15, 0.2) is 42.5 Å². The highest BCUT2D eigenvalue weighted by Crippen LogP contribution is 2.31. The summed E-state index contributed by atoms with van der Waals surface area (Å²) in [5.41, 5.74) is 7.63. The molecule has 2 aromatic heterocycles. The molecule has 160 valence electrons. The Morgan fingerprint density at radius 2 is 1.77 bits per heavy atom. The molecule has 0 saturated carbocycles. The SMILES string of the molecule is Cc1nc2ccc([NH2+]O)cc2n1-c1nc(N)c(F)c(Nc2ccc(C(F)(F)F)cc2)n1. The minimum Gasteiger partial charge on any atom is -0.381 e. The summed E-state index contributed by atoms with van der Waals surface area (Å²) in [6.45, 7) is 1.69. The smallest absolute Gasteiger partial charge is 0.381 e. The van der Waals surface area contributed by atoms with Crippen LogP contribution < -0.4 is 16.5 Å². The first-order chi connectivity index (χ1) is 14.7. The van der Waals surface area contributed by atoms with Gasteiger partial charge >= 0.3 is 6.18 Å². The molecule has 12 heteroatoms. The molecule has 2 aromatic carbocycles. The van der Waals surface area contributed by atoms with Crippen LogP contribution >= 0.6 is 0 Å². The van der Waals surface area contributed by atoms with Crippen LogP contribution in [0.2, 0.25) is 0 Å². The van der Waals surface area contributed by atoms with Gasteiger partial charge in [0.05, 0.1) is 16.6 Å². The van der Waals surface area contributed by atoms with Gasteiger partial charge in [0.15, 0.2) is 17.3 Å². The van der Waals surface area contributed by atoms with Gasteiger partial charge in [0.1, 0.15) is 5.82 Å². The quantitative estimate of drug-likeness (QED) is 0.223. The molecule has 31 heavy (non-hydrogen) atoms. The Kier molecular flexibility index (Phi) is 4.95. The van der Waals surface area contributed by atoms with Crippen molar-refractivity contribution in [1.29, 1.82) is 0 Å². The number of rotatable bonds is 4. The number of fused-ring (bicyclic) bond motifs is 1. The summed E-state index contributed by atoms with van der Waals surface area (Å²) in [7, 11) is 0. The fraction of sp³-hybridized carbons (Fsp3) is 0.105. The van der Waals surface area contributed by atoms with Crippen molar-refractivity contribution in [3.8, 4) is 5.95 Å². The molecule has 6 N–H and O–H groups in total. The molecule has 2 heterocycles. The van der Waals surface area contributed by atoms with Gasteiger partial charge in [-0.1, -0.05) is 0 Å². The van der Waals surface area contributed by atoms with E-state index in [0.29, 0.717) is 22.5 Å². The second kappa shape index (κ2) is 7.49. The number of nitrogen functional groups attached to an aromatic ring is 1. The molecule has 0 fully saturated rings. The lowest BCUT2D eigenvalue weighted by Crippen LogP contribution is -2.73. The van der Waals surface area contributed by atoms with Crippen LogP contribution in [0.3, 0.4) is 0 Å². The summed E-state index contributed by atoms with van der Waals surface area (Å²) in [6, 6.07) is 9.04. The van der Waals surface area contributed by atoms with Crippen LogP contribution in [0.4, 0.5) is 40.6 Å². The number of nitrogens with two attached hydrogens (primary N) is 2. The summed E-state index contributed by atoms with van der Waals surface area (Å²) < 4.78 is 54.3. The van der Waals surface area contributed by atoms with Crippen molar-refractivity contribution in [3.63, 3.8) is 0 Å². The fourth-order valence-corrected chi connectivity index (χ4v) is 3.06. The lowest BCUT2D eigenvalue weighted by molar-refractivity contribution is -0.825. The van der Waals surface area contributed by atoms with E-state index in [1.807, 2.05) is 0 Å². The predicted molar refractivity (Wildman–Crippen MR) is 104 cm³/mol. The number of nitrogens with zero attached hydrogens (tertiary/aromatic N) is 4. The van der Waals surface area contributed by atoms with Crippen LogP contribution in [-0.2, 0) is 6.18 Å². The van der Waals surface area contributed by atoms with E-state index in [2.05, 4.69) is 20.3 Å². The van der Waals surface area contributed by atoms with E-state index in [4.69, 9.17) is 5.73 Å². The molecule has 0 aliphatic rings. The fourth-order valence-electron chi connectivity index (χ4n) is 3.06. The minimum atomic E-state index is -4.48. The standard InChI is InChI=1S/C19H15F4N7O/c1-9-25-13-7-6-12(29-31)8-14(13)30(9)18-27-16(24)15(20)17(28-18)26-11-4-2-10(3-5-11)19(21,22)23/h2-8,29,31H,1H3,(H3,24,26,27,28)/p+1. The maximum absolute atomic E-state index is 14.6. The lowest BCUT2D eigenvalue weighted by atomic mass is 10.2. The van der Waals surface area contributed by atoms with Crippen LogP contribution in [0.5, 0.6) is 0 Å². The van der Waals surface area contributed by atoms with Gasteiger partial charge in [-0.15, -0.1) is 0 Å². The summed E-state index contributed by atoms with van der Waals surface area (Å²) in [5.74, 6) is -1.23. The van der Waals surface area contributed by atoms with Gasteiger partial charge in [-0.05, 0) is 37.3 Å². The Bertz CT molecular complexity index is 1270. The van der Waals surface area contributed by atoms with Gasteiger partial charge in [-0.25, -0.2) is 10.2 Å². The van der Waals surface area contributed by atoms with Gasteiger partial charge in [0, 0.05) is 17.8 Å². The summed E-state index contributed by atoms with van der Waals surface area (Å²) in [4.78, 5) is 12.5. The third kappa shape index (κ3) is 3.85. The highest BCUT2D eigenvalue weighted by Gasteiger charge is 2.30. The summed E-state index contributed by atoms with van der Waals surface area (Å²) >= 11 is 0. The highest BCUT2D eigenvalue weighted by molar-refractivity contribution is 5.80. The number of benzene rings is 2. The highest BCUT2D eigenvalue weighted by atomic mass is 19.4. The molecule has 4 aromatic rings. The number of alkyl halides is 3. The zero-order chi connectivity index (χ0) is 22.3. The van der Waals surface area contributed by atoms with E-state index >= 15 is 0 Å². The first kappa shape index (κ1) is 20.5. The zero-order valence-electron chi connectivity index (χ0n) is 15.9. The number of nitrogens with one attached hydrogen (secondary N) is 1. The molecule has 0 atom stereocenters. The van der Waals surface area contributed by atoms with Crippen molar-refractivity contribution < 1.29 is 28.2 Å². The number of anilines is 3. The lowest BCUT2D eigenvalue weighted by Gasteiger charge is -2.12. The molecule has 0 spiro atoms. The Morgan fingerprint density at radius 1 is 1.06 bits per heavy atom. The number of hydrogen-bond donors (Lipinski definition) is 4. The Labute approximate surface area is 172 Å². The average Bonchev–Trinajstić information content (AvgIpc) is 3.05. The van der Waals surface area contributed by atoms with E-state index in [9.17, 15) is 22.8 Å². The van der Waals surface area contributed by atoms with Gasteiger partial charge < -0.3 is 11.1 Å². The third-order valence-corrected chi connectivity index (χ3v) is 4.54. The molecule has 0 amide bonds. The zero-order valence-corrected chi connectivity index (χ0v) is 15.9. The molecular weight excluding hydrogens is 418 g/mol. The van der Waals surface area contributed by atoms with E-state index in [-0.39, 0.29) is 17.5 Å². The number of aromatic nitrogens is 4. The van der Waals surface area contributed by atoms with E-state index in [1.165, 1.54) is 4.57 Å². The molecule has 0 aliphatic heterocycles. The molecule has 0 unspecified atom stereocenters. The van der Waals surface area contributed by atoms with Gasteiger partial charge in [0.2, 0.25) is 11.8 Å². The Balaban J connectivity index is 1.77. The predicted octanol–water partition coefficient (Wildman–Crippen LogP) is 3.19. The normalized spacial score (nSPS) is 11.8. The molecular formula is C19H16F4N7O+. The molecule has 0 saturated heterocycles. The molecule has 0 aliphatic carbocycles. The van der Waals surface area contributed by atoms with Crippen molar-refractivity contribution in [1.82, 2.24) is 19.5 Å². The number of aryl methyl sites for hydroxylation is 1. The van der Waals surface area contributed by atoms with Crippen LogP contribution in [0.25, 0.3) is 17.0 Å². The van der Waals surface area contributed by atoms with Gasteiger partial charge in [-0.2, -0.15) is 33.0 Å². The molecule has 0 radical (unpaired) electrons.